The maximum Gasteiger partial charge on any atom is 0.372 e. The molecule has 4 heteroatoms. The zero-order chi connectivity index (χ0) is 13.2. The highest BCUT2D eigenvalue weighted by molar-refractivity contribution is 5.83. The first-order chi connectivity index (χ1) is 9.06. The molecule has 4 bridgehead atoms. The molecule has 0 atom stereocenters. The van der Waals surface area contributed by atoms with Gasteiger partial charge in [0.2, 0.25) is 5.82 Å². The highest BCUT2D eigenvalue weighted by Crippen LogP contribution is 2.60. The van der Waals surface area contributed by atoms with E-state index in [0.717, 1.165) is 23.4 Å². The summed E-state index contributed by atoms with van der Waals surface area (Å²) < 4.78 is 1.68. The van der Waals surface area contributed by atoms with Crippen LogP contribution >= 0.6 is 0 Å². The first-order valence-corrected chi connectivity index (χ1v) is 7.33. The SMILES string of the molecule is Cn1cc(C23CC4CC(CC(C4)C2)C3)nc1C(=O)O. The Kier molecular flexibility index (Phi) is 2.19. The van der Waals surface area contributed by atoms with E-state index >= 15 is 0 Å². The van der Waals surface area contributed by atoms with E-state index < -0.39 is 5.97 Å². The Labute approximate surface area is 112 Å². The summed E-state index contributed by atoms with van der Waals surface area (Å²) in [4.78, 5) is 15.6. The molecule has 0 amide bonds. The van der Waals surface area contributed by atoms with Gasteiger partial charge in [0.1, 0.15) is 0 Å². The van der Waals surface area contributed by atoms with Gasteiger partial charge in [-0.3, -0.25) is 0 Å². The number of aromatic carboxylic acids is 1. The van der Waals surface area contributed by atoms with E-state index in [1.54, 1.807) is 11.6 Å². The standard InChI is InChI=1S/C15H20N2O2/c1-17-8-12(16-13(17)14(18)19)15-5-9-2-10(6-15)4-11(3-9)7-15/h8-11H,2-7H2,1H3,(H,18,19). The highest BCUT2D eigenvalue weighted by atomic mass is 16.4. The summed E-state index contributed by atoms with van der Waals surface area (Å²) in [6, 6.07) is 0. The average molecular weight is 260 g/mol. The molecule has 4 fully saturated rings. The van der Waals surface area contributed by atoms with Crippen LogP contribution in [-0.2, 0) is 12.5 Å². The number of hydrogen-bond donors (Lipinski definition) is 1. The summed E-state index contributed by atoms with van der Waals surface area (Å²) in [7, 11) is 1.79. The van der Waals surface area contributed by atoms with Crippen LogP contribution in [0.2, 0.25) is 0 Å². The molecule has 0 aliphatic heterocycles. The van der Waals surface area contributed by atoms with Crippen molar-refractivity contribution in [3.63, 3.8) is 0 Å². The smallest absolute Gasteiger partial charge is 0.372 e. The summed E-state index contributed by atoms with van der Waals surface area (Å²) in [6.07, 6.45) is 9.86. The molecule has 102 valence electrons. The largest absolute Gasteiger partial charge is 0.475 e. The van der Waals surface area contributed by atoms with Crippen molar-refractivity contribution >= 4 is 5.97 Å². The molecule has 0 aromatic carbocycles. The van der Waals surface area contributed by atoms with E-state index in [1.807, 2.05) is 6.20 Å². The van der Waals surface area contributed by atoms with E-state index in [9.17, 15) is 9.90 Å². The Hall–Kier alpha value is -1.32. The Morgan fingerprint density at radius 2 is 1.79 bits per heavy atom. The molecule has 4 aliphatic carbocycles. The lowest BCUT2D eigenvalue weighted by molar-refractivity contribution is -0.00709. The monoisotopic (exact) mass is 260 g/mol. The third-order valence-electron chi connectivity index (χ3n) is 5.65. The lowest BCUT2D eigenvalue weighted by atomic mass is 9.49. The van der Waals surface area contributed by atoms with Gasteiger partial charge in [-0.15, -0.1) is 0 Å². The van der Waals surface area contributed by atoms with E-state index in [-0.39, 0.29) is 11.2 Å². The first kappa shape index (κ1) is 11.5. The Morgan fingerprint density at radius 1 is 1.26 bits per heavy atom. The maximum atomic E-state index is 11.2. The fraction of sp³-hybridized carbons (Fsp3) is 0.733. The minimum absolute atomic E-state index is 0.186. The van der Waals surface area contributed by atoms with Crippen LogP contribution in [0.25, 0.3) is 0 Å². The summed E-state index contributed by atoms with van der Waals surface area (Å²) >= 11 is 0. The number of aromatic nitrogens is 2. The molecule has 1 N–H and O–H groups in total. The number of rotatable bonds is 2. The van der Waals surface area contributed by atoms with E-state index in [4.69, 9.17) is 0 Å². The van der Waals surface area contributed by atoms with Crippen LogP contribution in [0, 0.1) is 17.8 Å². The minimum Gasteiger partial charge on any atom is -0.475 e. The molecule has 4 aliphatic rings. The molecule has 0 spiro atoms. The van der Waals surface area contributed by atoms with Crippen molar-refractivity contribution in [3.05, 3.63) is 17.7 Å². The van der Waals surface area contributed by atoms with Gasteiger partial charge in [-0.2, -0.15) is 0 Å². The Balaban J connectivity index is 1.75. The molecule has 1 aromatic heterocycles. The van der Waals surface area contributed by atoms with Crippen LogP contribution < -0.4 is 0 Å². The van der Waals surface area contributed by atoms with Crippen molar-refractivity contribution in [1.29, 1.82) is 0 Å². The highest BCUT2D eigenvalue weighted by Gasteiger charge is 2.52. The molecular formula is C15H20N2O2. The summed E-state index contributed by atoms with van der Waals surface area (Å²) in [5, 5.41) is 9.18. The van der Waals surface area contributed by atoms with Crippen molar-refractivity contribution in [2.24, 2.45) is 24.8 Å². The molecular weight excluding hydrogens is 240 g/mol. The second-order valence-electron chi connectivity index (χ2n) is 7.06. The van der Waals surface area contributed by atoms with Gasteiger partial charge in [-0.25, -0.2) is 9.78 Å². The summed E-state index contributed by atoms with van der Waals surface area (Å²) in [5.41, 5.74) is 1.24. The predicted octanol–water partition coefficient (Wildman–Crippen LogP) is 2.59. The third kappa shape index (κ3) is 1.58. The molecule has 4 saturated carbocycles. The molecule has 19 heavy (non-hydrogen) atoms. The van der Waals surface area contributed by atoms with Crippen molar-refractivity contribution in [1.82, 2.24) is 9.55 Å². The number of aryl methyl sites for hydroxylation is 1. The second kappa shape index (κ2) is 3.62. The fourth-order valence-corrected chi connectivity index (χ4v) is 5.34. The van der Waals surface area contributed by atoms with Crippen LogP contribution in [0.5, 0.6) is 0 Å². The van der Waals surface area contributed by atoms with Crippen LogP contribution in [0.3, 0.4) is 0 Å². The molecule has 4 nitrogen and oxygen atoms in total. The quantitative estimate of drug-likeness (QED) is 0.889. The molecule has 0 unspecified atom stereocenters. The van der Waals surface area contributed by atoms with Crippen LogP contribution in [0.1, 0.15) is 54.8 Å². The number of hydrogen-bond acceptors (Lipinski definition) is 2. The number of carboxylic acid groups (broad SMARTS) is 1. The Bertz CT molecular complexity index is 511. The van der Waals surface area contributed by atoms with Crippen LogP contribution in [-0.4, -0.2) is 20.6 Å². The first-order valence-electron chi connectivity index (χ1n) is 7.33. The molecule has 0 saturated heterocycles. The zero-order valence-electron chi connectivity index (χ0n) is 11.3. The van der Waals surface area contributed by atoms with Gasteiger partial charge < -0.3 is 9.67 Å². The lowest BCUT2D eigenvalue weighted by Gasteiger charge is -2.56. The van der Waals surface area contributed by atoms with Crippen molar-refractivity contribution in [2.45, 2.75) is 43.9 Å². The molecule has 5 rings (SSSR count). The number of imidazole rings is 1. The third-order valence-corrected chi connectivity index (χ3v) is 5.65. The molecule has 0 radical (unpaired) electrons. The number of carboxylic acids is 1. The lowest BCUT2D eigenvalue weighted by Crippen LogP contribution is -2.48. The van der Waals surface area contributed by atoms with E-state index in [2.05, 4.69) is 4.98 Å². The van der Waals surface area contributed by atoms with Gasteiger partial charge in [0.05, 0.1) is 5.69 Å². The summed E-state index contributed by atoms with van der Waals surface area (Å²) in [6.45, 7) is 0. The van der Waals surface area contributed by atoms with Gasteiger partial charge >= 0.3 is 5.97 Å². The van der Waals surface area contributed by atoms with Crippen molar-refractivity contribution in [3.8, 4) is 0 Å². The topological polar surface area (TPSA) is 55.1 Å². The van der Waals surface area contributed by atoms with E-state index in [1.165, 1.54) is 38.5 Å². The molecule has 1 heterocycles. The summed E-state index contributed by atoms with van der Waals surface area (Å²) in [5.74, 6) is 1.86. The normalized spacial score (nSPS) is 39.7. The van der Waals surface area contributed by atoms with Crippen LogP contribution in [0.15, 0.2) is 6.20 Å². The van der Waals surface area contributed by atoms with E-state index in [0.29, 0.717) is 0 Å². The average Bonchev–Trinajstić information content (AvgIpc) is 2.70. The van der Waals surface area contributed by atoms with Gasteiger partial charge in [0, 0.05) is 18.7 Å². The fourth-order valence-electron chi connectivity index (χ4n) is 5.34. The Morgan fingerprint density at radius 3 is 2.21 bits per heavy atom. The second-order valence-corrected chi connectivity index (χ2v) is 7.06. The number of nitrogens with zero attached hydrogens (tertiary/aromatic N) is 2. The minimum atomic E-state index is -0.918. The number of carbonyl (C=O) groups is 1. The molecule has 1 aromatic rings. The van der Waals surface area contributed by atoms with Crippen LogP contribution in [0.4, 0.5) is 0 Å². The van der Waals surface area contributed by atoms with Gasteiger partial charge in [0.15, 0.2) is 0 Å². The van der Waals surface area contributed by atoms with Gasteiger partial charge in [0.25, 0.3) is 0 Å². The van der Waals surface area contributed by atoms with Crippen molar-refractivity contribution in [2.75, 3.05) is 0 Å². The predicted molar refractivity (Wildman–Crippen MR) is 70.0 cm³/mol. The van der Waals surface area contributed by atoms with Crippen molar-refractivity contribution < 1.29 is 9.90 Å². The maximum absolute atomic E-state index is 11.2. The zero-order valence-corrected chi connectivity index (χ0v) is 11.3. The van der Waals surface area contributed by atoms with Gasteiger partial charge in [-0.05, 0) is 56.3 Å². The van der Waals surface area contributed by atoms with Gasteiger partial charge in [-0.1, -0.05) is 0 Å².